The van der Waals surface area contributed by atoms with E-state index in [0.29, 0.717) is 12.1 Å². The molecule has 1 aliphatic rings. The Morgan fingerprint density at radius 1 is 1.43 bits per heavy atom. The first-order valence-electron chi connectivity index (χ1n) is 7.84. The fourth-order valence-electron chi connectivity index (χ4n) is 2.89. The van der Waals surface area contributed by atoms with Crippen molar-refractivity contribution >= 4 is 11.7 Å². The second-order valence-electron chi connectivity index (χ2n) is 6.38. The van der Waals surface area contributed by atoms with Gasteiger partial charge in [-0.25, -0.2) is 4.79 Å². The Morgan fingerprint density at radius 3 is 2.91 bits per heavy atom. The number of nitro benzene ring substituents is 1. The Balaban J connectivity index is 1.81. The molecule has 1 aliphatic carbocycles. The van der Waals surface area contributed by atoms with Crippen LogP contribution in [0.4, 0.5) is 10.5 Å². The van der Waals surface area contributed by atoms with Gasteiger partial charge in [0.2, 0.25) is 0 Å². The third kappa shape index (κ3) is 4.66. The maximum Gasteiger partial charge on any atom is 0.315 e. The van der Waals surface area contributed by atoms with Gasteiger partial charge in [-0.05, 0) is 18.4 Å². The fraction of sp³-hybridized carbons (Fsp3) is 0.562. The van der Waals surface area contributed by atoms with Crippen LogP contribution in [0.1, 0.15) is 38.2 Å². The first kappa shape index (κ1) is 17.2. The molecule has 7 heteroatoms. The van der Waals surface area contributed by atoms with E-state index in [4.69, 9.17) is 0 Å². The van der Waals surface area contributed by atoms with Gasteiger partial charge in [0.05, 0.1) is 11.0 Å². The Hall–Kier alpha value is -2.15. The first-order valence-corrected chi connectivity index (χ1v) is 7.84. The minimum Gasteiger partial charge on any atom is -0.392 e. The molecular weight excluding hydrogens is 298 g/mol. The normalized spacial score (nSPS) is 24.0. The van der Waals surface area contributed by atoms with Crippen LogP contribution in [-0.2, 0) is 6.54 Å². The van der Waals surface area contributed by atoms with Gasteiger partial charge < -0.3 is 15.7 Å². The molecule has 7 nitrogen and oxygen atoms in total. The number of benzene rings is 1. The lowest BCUT2D eigenvalue weighted by Gasteiger charge is -2.38. The summed E-state index contributed by atoms with van der Waals surface area (Å²) >= 11 is 0. The van der Waals surface area contributed by atoms with Crippen LogP contribution in [-0.4, -0.2) is 28.7 Å². The van der Waals surface area contributed by atoms with Gasteiger partial charge in [-0.2, -0.15) is 0 Å². The van der Waals surface area contributed by atoms with Crippen molar-refractivity contribution in [1.82, 2.24) is 10.6 Å². The molecule has 0 radical (unpaired) electrons. The number of nitrogens with zero attached hydrogens (tertiary/aromatic N) is 1. The maximum absolute atomic E-state index is 11.9. The third-order valence-corrected chi connectivity index (χ3v) is 4.51. The summed E-state index contributed by atoms with van der Waals surface area (Å²) in [5.41, 5.74) is 0.377. The molecule has 0 bridgehead atoms. The zero-order chi connectivity index (χ0) is 16.9. The molecule has 0 spiro atoms. The van der Waals surface area contributed by atoms with Gasteiger partial charge >= 0.3 is 6.03 Å². The Labute approximate surface area is 135 Å². The van der Waals surface area contributed by atoms with Crippen molar-refractivity contribution in [1.29, 1.82) is 0 Å². The molecular formula is C16H23N3O4. The number of amides is 2. The van der Waals surface area contributed by atoms with Crippen LogP contribution in [0.3, 0.4) is 0 Å². The summed E-state index contributed by atoms with van der Waals surface area (Å²) in [7, 11) is 0. The summed E-state index contributed by atoms with van der Waals surface area (Å²) in [6, 6.07) is 5.82. The summed E-state index contributed by atoms with van der Waals surface area (Å²) in [4.78, 5) is 22.1. The van der Waals surface area contributed by atoms with Crippen molar-refractivity contribution in [3.8, 4) is 0 Å². The van der Waals surface area contributed by atoms with Crippen molar-refractivity contribution < 1.29 is 14.8 Å². The van der Waals surface area contributed by atoms with Crippen molar-refractivity contribution in [2.24, 2.45) is 5.41 Å². The van der Waals surface area contributed by atoms with Gasteiger partial charge in [-0.15, -0.1) is 0 Å². The minimum absolute atomic E-state index is 0.00236. The predicted molar refractivity (Wildman–Crippen MR) is 85.9 cm³/mol. The van der Waals surface area contributed by atoms with E-state index in [-0.39, 0.29) is 23.7 Å². The average Bonchev–Trinajstić information content (AvgIpc) is 2.54. The Kier molecular flexibility index (Phi) is 5.54. The number of rotatable bonds is 5. The van der Waals surface area contributed by atoms with E-state index >= 15 is 0 Å². The summed E-state index contributed by atoms with van der Waals surface area (Å²) < 4.78 is 0. The van der Waals surface area contributed by atoms with Crippen LogP contribution in [0.25, 0.3) is 0 Å². The van der Waals surface area contributed by atoms with Crippen LogP contribution < -0.4 is 10.6 Å². The highest BCUT2D eigenvalue weighted by molar-refractivity contribution is 5.73. The highest BCUT2D eigenvalue weighted by Gasteiger charge is 2.35. The van der Waals surface area contributed by atoms with Crippen LogP contribution in [0.2, 0.25) is 0 Å². The molecule has 2 atom stereocenters. The molecule has 0 unspecified atom stereocenters. The van der Waals surface area contributed by atoms with Gasteiger partial charge in [0, 0.05) is 30.6 Å². The van der Waals surface area contributed by atoms with E-state index < -0.39 is 11.0 Å². The SMILES string of the molecule is C[C@]1(CNC(=O)NCc2cccc([N+](=O)[O-])c2)CCCC[C@H]1O. The molecule has 2 amide bonds. The molecule has 1 aromatic rings. The van der Waals surface area contributed by atoms with Crippen molar-refractivity contribution in [2.75, 3.05) is 6.54 Å². The number of carbonyl (C=O) groups excluding carboxylic acids is 1. The van der Waals surface area contributed by atoms with Gasteiger partial charge in [-0.1, -0.05) is 31.9 Å². The number of non-ortho nitro benzene ring substituents is 1. The lowest BCUT2D eigenvalue weighted by atomic mass is 9.73. The molecule has 0 aromatic heterocycles. The Bertz CT molecular complexity index is 578. The van der Waals surface area contributed by atoms with Crippen LogP contribution in [0.15, 0.2) is 24.3 Å². The first-order chi connectivity index (χ1) is 10.9. The standard InChI is InChI=1S/C16H23N3O4/c1-16(8-3-2-7-14(16)20)11-18-15(21)17-10-12-5-4-6-13(9-12)19(22)23/h4-6,9,14,20H,2-3,7-8,10-11H2,1H3,(H2,17,18,21)/t14-,16-/m1/s1. The molecule has 1 saturated carbocycles. The second kappa shape index (κ2) is 7.41. The molecule has 3 N–H and O–H groups in total. The van der Waals surface area contributed by atoms with Crippen LogP contribution in [0, 0.1) is 15.5 Å². The number of urea groups is 1. The molecule has 23 heavy (non-hydrogen) atoms. The largest absolute Gasteiger partial charge is 0.392 e. The molecule has 1 fully saturated rings. The highest BCUT2D eigenvalue weighted by Crippen LogP contribution is 2.35. The van der Waals surface area contributed by atoms with Crippen LogP contribution in [0.5, 0.6) is 0 Å². The maximum atomic E-state index is 11.9. The number of hydrogen-bond acceptors (Lipinski definition) is 4. The third-order valence-electron chi connectivity index (χ3n) is 4.51. The molecule has 1 aromatic carbocycles. The van der Waals surface area contributed by atoms with Crippen molar-refractivity contribution in [2.45, 2.75) is 45.3 Å². The van der Waals surface area contributed by atoms with Gasteiger partial charge in [0.1, 0.15) is 0 Å². The second-order valence-corrected chi connectivity index (χ2v) is 6.38. The van der Waals surface area contributed by atoms with Gasteiger partial charge in [0.25, 0.3) is 5.69 Å². The topological polar surface area (TPSA) is 104 Å². The monoisotopic (exact) mass is 321 g/mol. The predicted octanol–water partition coefficient (Wildman–Crippen LogP) is 2.34. The molecule has 0 heterocycles. The summed E-state index contributed by atoms with van der Waals surface area (Å²) in [5.74, 6) is 0. The molecule has 126 valence electrons. The summed E-state index contributed by atoms with van der Waals surface area (Å²) in [6.07, 6.45) is 3.35. The summed E-state index contributed by atoms with van der Waals surface area (Å²) in [5, 5.41) is 26.3. The quantitative estimate of drug-likeness (QED) is 0.572. The number of aliphatic hydroxyl groups excluding tert-OH is 1. The minimum atomic E-state index is -0.463. The number of nitrogens with one attached hydrogen (secondary N) is 2. The van der Waals surface area contributed by atoms with E-state index in [0.717, 1.165) is 25.7 Å². The van der Waals surface area contributed by atoms with E-state index in [9.17, 15) is 20.0 Å². The molecule has 2 rings (SSSR count). The number of aliphatic hydroxyl groups is 1. The van der Waals surface area contributed by atoms with E-state index in [2.05, 4.69) is 10.6 Å². The molecule has 0 aliphatic heterocycles. The van der Waals surface area contributed by atoms with Gasteiger partial charge in [-0.3, -0.25) is 10.1 Å². The van der Waals surface area contributed by atoms with Crippen molar-refractivity contribution in [3.05, 3.63) is 39.9 Å². The smallest absolute Gasteiger partial charge is 0.315 e. The number of hydrogen-bond donors (Lipinski definition) is 3. The molecule has 0 saturated heterocycles. The number of nitro groups is 1. The van der Waals surface area contributed by atoms with E-state index in [1.165, 1.54) is 12.1 Å². The number of carbonyl (C=O) groups is 1. The summed E-state index contributed by atoms with van der Waals surface area (Å²) in [6.45, 7) is 2.61. The van der Waals surface area contributed by atoms with E-state index in [1.54, 1.807) is 12.1 Å². The van der Waals surface area contributed by atoms with Crippen LogP contribution >= 0.6 is 0 Å². The van der Waals surface area contributed by atoms with Crippen molar-refractivity contribution in [3.63, 3.8) is 0 Å². The lowest BCUT2D eigenvalue weighted by Crippen LogP contribution is -2.47. The average molecular weight is 321 g/mol. The van der Waals surface area contributed by atoms with E-state index in [1.807, 2.05) is 6.92 Å². The zero-order valence-corrected chi connectivity index (χ0v) is 13.2. The zero-order valence-electron chi connectivity index (χ0n) is 13.2. The van der Waals surface area contributed by atoms with Gasteiger partial charge in [0.15, 0.2) is 0 Å². The lowest BCUT2D eigenvalue weighted by molar-refractivity contribution is -0.384. The fourth-order valence-corrected chi connectivity index (χ4v) is 2.89. The Morgan fingerprint density at radius 2 is 2.22 bits per heavy atom. The highest BCUT2D eigenvalue weighted by atomic mass is 16.6.